The summed E-state index contributed by atoms with van der Waals surface area (Å²) in [5, 5.41) is 9.40. The van der Waals surface area contributed by atoms with E-state index in [0.29, 0.717) is 54.1 Å². The number of carbonyl (C=O) groups excluding carboxylic acids is 1. The molecule has 156 valence electrons. The highest BCUT2D eigenvalue weighted by Crippen LogP contribution is 2.43. The molecular formula is C22H24N4O2S2. The largest absolute Gasteiger partial charge is 0.423 e. The van der Waals surface area contributed by atoms with Crippen molar-refractivity contribution >= 4 is 35.3 Å². The number of piperazine rings is 1. The molecule has 3 aliphatic rings. The number of aromatic nitrogens is 1. The van der Waals surface area contributed by atoms with Crippen LogP contribution in [0.2, 0.25) is 0 Å². The molecule has 0 atom stereocenters. The third-order valence-corrected chi connectivity index (χ3v) is 8.78. The van der Waals surface area contributed by atoms with Crippen molar-refractivity contribution < 1.29 is 9.21 Å². The Morgan fingerprint density at radius 1 is 1.10 bits per heavy atom. The lowest BCUT2D eigenvalue weighted by Crippen LogP contribution is -2.48. The number of rotatable bonds is 4. The third-order valence-electron chi connectivity index (χ3n) is 5.77. The molecule has 0 spiro atoms. The molecule has 3 heterocycles. The van der Waals surface area contributed by atoms with Crippen molar-refractivity contribution in [1.29, 1.82) is 5.26 Å². The number of carbonyl (C=O) groups is 1. The Labute approximate surface area is 185 Å². The van der Waals surface area contributed by atoms with Crippen LogP contribution in [0.15, 0.2) is 28.7 Å². The van der Waals surface area contributed by atoms with Gasteiger partial charge in [0.05, 0.1) is 4.58 Å². The fraction of sp³-hybridized carbons (Fsp3) is 0.500. The third kappa shape index (κ3) is 4.06. The van der Waals surface area contributed by atoms with Gasteiger partial charge in [-0.05, 0) is 48.5 Å². The van der Waals surface area contributed by atoms with Crippen LogP contribution < -0.4 is 4.90 Å². The molecule has 6 nitrogen and oxygen atoms in total. The SMILES string of the molecule is N#Cc1nc(C2CC2)oc1N1CCN(C(=O)c2ccc(C3SCCCS3)cc2)CC1. The van der Waals surface area contributed by atoms with E-state index in [2.05, 4.69) is 23.2 Å². The lowest BCUT2D eigenvalue weighted by Gasteiger charge is -2.34. The second-order valence-corrected chi connectivity index (χ2v) is 10.6. The molecule has 1 aromatic carbocycles. The molecule has 0 N–H and O–H groups in total. The number of benzene rings is 1. The second-order valence-electron chi connectivity index (χ2n) is 7.92. The minimum Gasteiger partial charge on any atom is -0.423 e. The molecule has 3 fully saturated rings. The predicted octanol–water partition coefficient (Wildman–Crippen LogP) is 4.25. The number of hydrogen-bond donors (Lipinski definition) is 0. The molecular weight excluding hydrogens is 416 g/mol. The van der Waals surface area contributed by atoms with E-state index in [1.165, 1.54) is 23.5 Å². The molecule has 5 rings (SSSR count). The Bertz CT molecular complexity index is 951. The average Bonchev–Trinajstić information content (AvgIpc) is 3.58. The van der Waals surface area contributed by atoms with Gasteiger partial charge in [0.25, 0.3) is 5.91 Å². The Morgan fingerprint density at radius 3 is 2.43 bits per heavy atom. The van der Waals surface area contributed by atoms with E-state index < -0.39 is 0 Å². The Balaban J connectivity index is 1.21. The first kappa shape index (κ1) is 19.8. The topological polar surface area (TPSA) is 73.4 Å². The van der Waals surface area contributed by atoms with E-state index in [-0.39, 0.29) is 5.91 Å². The van der Waals surface area contributed by atoms with Crippen molar-refractivity contribution in [1.82, 2.24) is 9.88 Å². The zero-order chi connectivity index (χ0) is 20.5. The highest BCUT2D eigenvalue weighted by atomic mass is 32.2. The van der Waals surface area contributed by atoms with Crippen molar-refractivity contribution in [2.75, 3.05) is 42.6 Å². The van der Waals surface area contributed by atoms with Crippen molar-refractivity contribution in [2.45, 2.75) is 29.8 Å². The van der Waals surface area contributed by atoms with Gasteiger partial charge in [0.15, 0.2) is 0 Å². The van der Waals surface area contributed by atoms with Crippen LogP contribution in [0.1, 0.15) is 57.3 Å². The lowest BCUT2D eigenvalue weighted by molar-refractivity contribution is 0.0745. The van der Waals surface area contributed by atoms with Crippen LogP contribution in [-0.4, -0.2) is 53.5 Å². The summed E-state index contributed by atoms with van der Waals surface area (Å²) in [6, 6.07) is 10.3. The number of nitriles is 1. The first-order valence-corrected chi connectivity index (χ1v) is 12.6. The molecule has 30 heavy (non-hydrogen) atoms. The van der Waals surface area contributed by atoms with Crippen LogP contribution in [0.5, 0.6) is 0 Å². The molecule has 1 saturated carbocycles. The van der Waals surface area contributed by atoms with Gasteiger partial charge >= 0.3 is 0 Å². The van der Waals surface area contributed by atoms with Gasteiger partial charge in [-0.25, -0.2) is 4.98 Å². The van der Waals surface area contributed by atoms with Gasteiger partial charge in [0, 0.05) is 37.7 Å². The predicted molar refractivity (Wildman–Crippen MR) is 120 cm³/mol. The fourth-order valence-corrected chi connectivity index (χ4v) is 6.77. The van der Waals surface area contributed by atoms with E-state index in [4.69, 9.17) is 4.42 Å². The first-order valence-electron chi connectivity index (χ1n) is 10.5. The van der Waals surface area contributed by atoms with Crippen LogP contribution in [0.4, 0.5) is 5.88 Å². The summed E-state index contributed by atoms with van der Waals surface area (Å²) in [5.41, 5.74) is 2.41. The maximum Gasteiger partial charge on any atom is 0.253 e. The summed E-state index contributed by atoms with van der Waals surface area (Å²) in [7, 11) is 0. The number of hydrogen-bond acceptors (Lipinski definition) is 7. The molecule has 2 saturated heterocycles. The van der Waals surface area contributed by atoms with Crippen molar-refractivity contribution in [2.24, 2.45) is 0 Å². The molecule has 0 bridgehead atoms. The van der Waals surface area contributed by atoms with Gasteiger partial charge in [-0.3, -0.25) is 4.79 Å². The van der Waals surface area contributed by atoms with E-state index in [9.17, 15) is 10.1 Å². The average molecular weight is 441 g/mol. The molecule has 1 amide bonds. The van der Waals surface area contributed by atoms with E-state index in [1.54, 1.807) is 0 Å². The number of amides is 1. The number of oxazole rings is 1. The normalized spacial score (nSPS) is 20.2. The highest BCUT2D eigenvalue weighted by molar-refractivity contribution is 8.16. The molecule has 2 aliphatic heterocycles. The van der Waals surface area contributed by atoms with Gasteiger partial charge in [-0.2, -0.15) is 5.26 Å². The monoisotopic (exact) mass is 440 g/mol. The number of anilines is 1. The standard InChI is InChI=1S/C22H24N4O2S2/c23-14-18-21(28-19(24-18)15-2-3-15)26-10-8-25(9-11-26)20(27)16-4-6-17(7-5-16)22-29-12-1-13-30-22/h4-7,15,22H,1-3,8-13H2. The molecule has 1 aromatic heterocycles. The molecule has 0 unspecified atom stereocenters. The zero-order valence-corrected chi connectivity index (χ0v) is 18.4. The van der Waals surface area contributed by atoms with Crippen LogP contribution in [0.25, 0.3) is 0 Å². The maximum atomic E-state index is 13.0. The van der Waals surface area contributed by atoms with Gasteiger partial charge in [-0.1, -0.05) is 12.1 Å². The van der Waals surface area contributed by atoms with Crippen LogP contribution >= 0.6 is 23.5 Å². The summed E-state index contributed by atoms with van der Waals surface area (Å²) < 4.78 is 6.39. The maximum absolute atomic E-state index is 13.0. The first-order chi connectivity index (χ1) is 14.7. The summed E-state index contributed by atoms with van der Waals surface area (Å²) >= 11 is 3.98. The minimum absolute atomic E-state index is 0.0712. The van der Waals surface area contributed by atoms with Gasteiger partial charge in [-0.15, -0.1) is 23.5 Å². The van der Waals surface area contributed by atoms with Crippen LogP contribution in [0.3, 0.4) is 0 Å². The molecule has 0 radical (unpaired) electrons. The van der Waals surface area contributed by atoms with Crippen LogP contribution in [-0.2, 0) is 0 Å². The minimum atomic E-state index is 0.0712. The molecule has 8 heteroatoms. The van der Waals surface area contributed by atoms with E-state index in [0.717, 1.165) is 18.4 Å². The zero-order valence-electron chi connectivity index (χ0n) is 16.7. The summed E-state index contributed by atoms with van der Waals surface area (Å²) in [6.45, 7) is 2.51. The van der Waals surface area contributed by atoms with E-state index in [1.807, 2.05) is 45.5 Å². The Hall–Kier alpha value is -2.11. The van der Waals surface area contributed by atoms with Crippen LogP contribution in [0, 0.1) is 11.3 Å². The lowest BCUT2D eigenvalue weighted by atomic mass is 10.1. The fourth-order valence-electron chi connectivity index (χ4n) is 3.88. The van der Waals surface area contributed by atoms with Crippen molar-refractivity contribution in [3.05, 3.63) is 47.0 Å². The van der Waals surface area contributed by atoms with E-state index >= 15 is 0 Å². The molecule has 1 aliphatic carbocycles. The number of nitrogens with zero attached hydrogens (tertiary/aromatic N) is 4. The summed E-state index contributed by atoms with van der Waals surface area (Å²) in [4.78, 5) is 21.3. The Morgan fingerprint density at radius 2 is 1.80 bits per heavy atom. The summed E-state index contributed by atoms with van der Waals surface area (Å²) in [6.07, 6.45) is 3.45. The van der Waals surface area contributed by atoms with Gasteiger partial charge < -0.3 is 14.2 Å². The van der Waals surface area contributed by atoms with Crippen molar-refractivity contribution in [3.63, 3.8) is 0 Å². The van der Waals surface area contributed by atoms with Crippen molar-refractivity contribution in [3.8, 4) is 6.07 Å². The van der Waals surface area contributed by atoms with Gasteiger partial charge in [0.2, 0.25) is 17.5 Å². The summed E-state index contributed by atoms with van der Waals surface area (Å²) in [5.74, 6) is 4.13. The quantitative estimate of drug-likeness (QED) is 0.703. The smallest absolute Gasteiger partial charge is 0.253 e. The Kier molecular flexibility index (Phi) is 5.66. The number of thioether (sulfide) groups is 2. The highest BCUT2D eigenvalue weighted by Gasteiger charge is 2.33. The van der Waals surface area contributed by atoms with Gasteiger partial charge in [0.1, 0.15) is 6.07 Å². The second kappa shape index (κ2) is 8.56. The molecule has 2 aromatic rings.